The largest absolute Gasteiger partial charge is 0.451 e. The number of nitrogens with zero attached hydrogens (tertiary/aromatic N) is 3. The standard InChI is InChI=1S/C11H18F3N5O/c1-19(2)4-6-20-5-3-16-9-7-8(15)17-10(18-9)11(12,13)14/h7H,3-6H2,1-2H3,(H3,15,16,17,18). The summed E-state index contributed by atoms with van der Waals surface area (Å²) in [5.74, 6) is -1.46. The van der Waals surface area contributed by atoms with E-state index in [0.29, 0.717) is 19.8 Å². The predicted molar refractivity (Wildman–Crippen MR) is 69.3 cm³/mol. The monoisotopic (exact) mass is 293 g/mol. The van der Waals surface area contributed by atoms with Crippen LogP contribution in [0.1, 0.15) is 5.82 Å². The van der Waals surface area contributed by atoms with Crippen molar-refractivity contribution >= 4 is 11.6 Å². The van der Waals surface area contributed by atoms with Crippen LogP contribution in [0.2, 0.25) is 0 Å². The Bertz CT molecular complexity index is 425. The van der Waals surface area contributed by atoms with Crippen molar-refractivity contribution in [1.29, 1.82) is 0 Å². The molecule has 6 nitrogen and oxygen atoms in total. The minimum Gasteiger partial charge on any atom is -0.384 e. The number of hydrogen-bond acceptors (Lipinski definition) is 6. The summed E-state index contributed by atoms with van der Waals surface area (Å²) in [6.07, 6.45) is -4.62. The molecule has 1 heterocycles. The van der Waals surface area contributed by atoms with Gasteiger partial charge in [-0.15, -0.1) is 0 Å². The van der Waals surface area contributed by atoms with E-state index in [9.17, 15) is 13.2 Å². The number of halogens is 3. The Labute approximate surface area is 115 Å². The van der Waals surface area contributed by atoms with E-state index in [2.05, 4.69) is 15.3 Å². The second-order valence-electron chi connectivity index (χ2n) is 4.34. The Balaban J connectivity index is 2.42. The Morgan fingerprint density at radius 2 is 2.00 bits per heavy atom. The number of anilines is 2. The van der Waals surface area contributed by atoms with Gasteiger partial charge in [0.05, 0.1) is 13.2 Å². The van der Waals surface area contributed by atoms with E-state index >= 15 is 0 Å². The van der Waals surface area contributed by atoms with Gasteiger partial charge in [0, 0.05) is 19.2 Å². The average Bonchev–Trinajstić information content (AvgIpc) is 2.31. The minimum atomic E-state index is -4.62. The zero-order valence-electron chi connectivity index (χ0n) is 11.4. The summed E-state index contributed by atoms with van der Waals surface area (Å²) >= 11 is 0. The number of nitrogen functional groups attached to an aromatic ring is 1. The van der Waals surface area contributed by atoms with E-state index in [0.717, 1.165) is 6.54 Å². The van der Waals surface area contributed by atoms with Crippen LogP contribution in [0, 0.1) is 0 Å². The van der Waals surface area contributed by atoms with Crippen molar-refractivity contribution in [1.82, 2.24) is 14.9 Å². The molecule has 0 aromatic carbocycles. The second-order valence-corrected chi connectivity index (χ2v) is 4.34. The fraction of sp³-hybridized carbons (Fsp3) is 0.636. The molecule has 0 bridgehead atoms. The molecule has 0 atom stereocenters. The quantitative estimate of drug-likeness (QED) is 0.732. The van der Waals surface area contributed by atoms with E-state index in [4.69, 9.17) is 10.5 Å². The van der Waals surface area contributed by atoms with Crippen LogP contribution in [0.15, 0.2) is 6.07 Å². The SMILES string of the molecule is CN(C)CCOCCNc1cc(N)nc(C(F)(F)F)n1. The molecule has 0 aliphatic heterocycles. The van der Waals surface area contributed by atoms with Crippen molar-refractivity contribution in [2.45, 2.75) is 6.18 Å². The van der Waals surface area contributed by atoms with Crippen molar-refractivity contribution in [3.05, 3.63) is 11.9 Å². The number of nitrogens with two attached hydrogens (primary N) is 1. The summed E-state index contributed by atoms with van der Waals surface area (Å²) in [6, 6.07) is 1.25. The highest BCUT2D eigenvalue weighted by molar-refractivity contribution is 5.44. The molecule has 0 saturated heterocycles. The highest BCUT2D eigenvalue weighted by atomic mass is 19.4. The summed E-state index contributed by atoms with van der Waals surface area (Å²) in [5, 5.41) is 2.72. The van der Waals surface area contributed by atoms with E-state index in [1.54, 1.807) is 0 Å². The summed E-state index contributed by atoms with van der Waals surface area (Å²) < 4.78 is 42.7. The molecule has 1 rings (SSSR count). The molecule has 0 unspecified atom stereocenters. The van der Waals surface area contributed by atoms with Crippen molar-refractivity contribution in [2.24, 2.45) is 0 Å². The van der Waals surface area contributed by atoms with Gasteiger partial charge in [-0.2, -0.15) is 13.2 Å². The third-order valence-electron chi connectivity index (χ3n) is 2.23. The van der Waals surface area contributed by atoms with Gasteiger partial charge in [0.15, 0.2) is 0 Å². The van der Waals surface area contributed by atoms with Gasteiger partial charge >= 0.3 is 6.18 Å². The van der Waals surface area contributed by atoms with Gasteiger partial charge in [-0.1, -0.05) is 0 Å². The smallest absolute Gasteiger partial charge is 0.384 e. The van der Waals surface area contributed by atoms with E-state index in [1.165, 1.54) is 6.07 Å². The zero-order chi connectivity index (χ0) is 15.2. The number of hydrogen-bond donors (Lipinski definition) is 2. The molecule has 20 heavy (non-hydrogen) atoms. The molecule has 0 saturated carbocycles. The lowest BCUT2D eigenvalue weighted by Crippen LogP contribution is -2.20. The maximum Gasteiger partial charge on any atom is 0.451 e. The topological polar surface area (TPSA) is 76.3 Å². The van der Waals surface area contributed by atoms with Crippen molar-refractivity contribution < 1.29 is 17.9 Å². The maximum absolute atomic E-state index is 12.5. The first-order chi connectivity index (χ1) is 9.29. The lowest BCUT2D eigenvalue weighted by atomic mass is 10.4. The van der Waals surface area contributed by atoms with Crippen LogP contribution in [0.5, 0.6) is 0 Å². The van der Waals surface area contributed by atoms with Crippen molar-refractivity contribution in [2.75, 3.05) is 51.4 Å². The molecule has 0 spiro atoms. The minimum absolute atomic E-state index is 0.0287. The molecule has 1 aromatic heterocycles. The molecule has 0 fully saturated rings. The predicted octanol–water partition coefficient (Wildman–Crippen LogP) is 1.07. The molecular formula is C11H18F3N5O. The number of aromatic nitrogens is 2. The van der Waals surface area contributed by atoms with Crippen molar-refractivity contribution in [3.8, 4) is 0 Å². The average molecular weight is 293 g/mol. The fourth-order valence-corrected chi connectivity index (χ4v) is 1.28. The first kappa shape index (κ1) is 16.4. The van der Waals surface area contributed by atoms with Crippen molar-refractivity contribution in [3.63, 3.8) is 0 Å². The van der Waals surface area contributed by atoms with E-state index in [1.807, 2.05) is 19.0 Å². The molecule has 0 amide bonds. The van der Waals surface area contributed by atoms with E-state index < -0.39 is 12.0 Å². The number of likely N-dealkylation sites (N-methyl/N-ethyl adjacent to an activating group) is 1. The number of nitrogens with one attached hydrogen (secondary N) is 1. The maximum atomic E-state index is 12.5. The zero-order valence-corrected chi connectivity index (χ0v) is 11.4. The fourth-order valence-electron chi connectivity index (χ4n) is 1.28. The lowest BCUT2D eigenvalue weighted by molar-refractivity contribution is -0.144. The normalized spacial score (nSPS) is 11.9. The number of rotatable bonds is 7. The van der Waals surface area contributed by atoms with Crippen LogP contribution in [0.25, 0.3) is 0 Å². The summed E-state index contributed by atoms with van der Waals surface area (Å²) in [5.41, 5.74) is 5.31. The van der Waals surface area contributed by atoms with Crippen LogP contribution in [-0.2, 0) is 10.9 Å². The molecule has 0 aliphatic rings. The second kappa shape index (κ2) is 7.25. The van der Waals surface area contributed by atoms with Crippen LogP contribution in [-0.4, -0.2) is 55.3 Å². The number of alkyl halides is 3. The highest BCUT2D eigenvalue weighted by Crippen LogP contribution is 2.27. The Kier molecular flexibility index (Phi) is 5.96. The van der Waals surface area contributed by atoms with Gasteiger partial charge in [0.25, 0.3) is 0 Å². The molecular weight excluding hydrogens is 275 g/mol. The first-order valence-electron chi connectivity index (χ1n) is 5.97. The molecule has 9 heteroatoms. The highest BCUT2D eigenvalue weighted by Gasteiger charge is 2.35. The number of ether oxygens (including phenoxy) is 1. The first-order valence-corrected chi connectivity index (χ1v) is 5.97. The van der Waals surface area contributed by atoms with Gasteiger partial charge in [0.2, 0.25) is 5.82 Å². The van der Waals surface area contributed by atoms with Crippen LogP contribution in [0.3, 0.4) is 0 Å². The van der Waals surface area contributed by atoms with Crippen LogP contribution >= 0.6 is 0 Å². The third-order valence-corrected chi connectivity index (χ3v) is 2.23. The van der Waals surface area contributed by atoms with Crippen LogP contribution < -0.4 is 11.1 Å². The molecule has 1 aromatic rings. The van der Waals surface area contributed by atoms with E-state index in [-0.39, 0.29) is 11.6 Å². The third kappa shape index (κ3) is 6.02. The molecule has 0 radical (unpaired) electrons. The van der Waals surface area contributed by atoms with Crippen LogP contribution in [0.4, 0.5) is 24.8 Å². The van der Waals surface area contributed by atoms with Gasteiger partial charge in [-0.3, -0.25) is 0 Å². The Morgan fingerprint density at radius 1 is 1.30 bits per heavy atom. The summed E-state index contributed by atoms with van der Waals surface area (Å²) in [4.78, 5) is 8.47. The lowest BCUT2D eigenvalue weighted by Gasteiger charge is -2.11. The van der Waals surface area contributed by atoms with Gasteiger partial charge in [-0.25, -0.2) is 9.97 Å². The van der Waals surface area contributed by atoms with Gasteiger partial charge < -0.3 is 20.7 Å². The summed E-state index contributed by atoms with van der Waals surface area (Å²) in [7, 11) is 3.84. The van der Waals surface area contributed by atoms with Gasteiger partial charge in [0.1, 0.15) is 11.6 Å². The molecule has 0 aliphatic carbocycles. The van der Waals surface area contributed by atoms with Gasteiger partial charge in [-0.05, 0) is 14.1 Å². The Morgan fingerprint density at radius 3 is 2.60 bits per heavy atom. The molecule has 114 valence electrons. The molecule has 3 N–H and O–H groups in total. The Hall–Kier alpha value is -1.61. The summed E-state index contributed by atoms with van der Waals surface area (Å²) in [6.45, 7) is 2.02.